The molecule has 0 aromatic rings. The van der Waals surface area contributed by atoms with Gasteiger partial charge in [0.2, 0.25) is 0 Å². The standard InChI is InChI=1S/C18H36O2.H3N/c1-3-5-7-9-11-13-15-17-20-18(19)16-14-12-10-8-6-4-2;/h3-17H2,1-2H3;1H3/p+1. The molecular weight excluding hydrogens is 262 g/mol. The van der Waals surface area contributed by atoms with E-state index in [9.17, 15) is 4.79 Å². The SMILES string of the molecule is CCCCCCCCCOC(=O)CCCCCCCC.[NH4+]. The third-order valence-corrected chi connectivity index (χ3v) is 3.75. The number of carbonyl (C=O) groups excluding carboxylic acids is 1. The Hall–Kier alpha value is -0.570. The van der Waals surface area contributed by atoms with Crippen LogP contribution in [-0.4, -0.2) is 12.6 Å². The first-order valence-corrected chi connectivity index (χ1v) is 8.96. The van der Waals surface area contributed by atoms with Gasteiger partial charge in [-0.3, -0.25) is 4.79 Å². The molecule has 0 atom stereocenters. The maximum Gasteiger partial charge on any atom is 0.305 e. The molecule has 0 aromatic carbocycles. The van der Waals surface area contributed by atoms with Gasteiger partial charge < -0.3 is 10.9 Å². The fourth-order valence-corrected chi connectivity index (χ4v) is 2.37. The molecule has 0 spiro atoms. The molecule has 0 heterocycles. The number of ether oxygens (including phenoxy) is 1. The number of hydrogen-bond donors (Lipinski definition) is 1. The Balaban J connectivity index is 0. The van der Waals surface area contributed by atoms with Gasteiger partial charge in [-0.15, -0.1) is 0 Å². The highest BCUT2D eigenvalue weighted by Crippen LogP contribution is 2.09. The molecule has 0 saturated carbocycles. The first-order valence-electron chi connectivity index (χ1n) is 8.96. The van der Waals surface area contributed by atoms with Crippen molar-refractivity contribution in [1.82, 2.24) is 6.15 Å². The summed E-state index contributed by atoms with van der Waals surface area (Å²) in [6.07, 6.45) is 16.8. The van der Waals surface area contributed by atoms with Crippen molar-refractivity contribution in [2.45, 2.75) is 104 Å². The van der Waals surface area contributed by atoms with Gasteiger partial charge in [0.15, 0.2) is 0 Å². The molecule has 0 aromatic heterocycles. The summed E-state index contributed by atoms with van der Waals surface area (Å²) >= 11 is 0. The Morgan fingerprint density at radius 3 is 1.62 bits per heavy atom. The van der Waals surface area contributed by atoms with Crippen molar-refractivity contribution in [3.05, 3.63) is 0 Å². The van der Waals surface area contributed by atoms with Crippen LogP contribution in [0.1, 0.15) is 104 Å². The summed E-state index contributed by atoms with van der Waals surface area (Å²) in [6, 6.07) is 0. The largest absolute Gasteiger partial charge is 0.466 e. The highest BCUT2D eigenvalue weighted by Gasteiger charge is 2.02. The third-order valence-electron chi connectivity index (χ3n) is 3.75. The van der Waals surface area contributed by atoms with Gasteiger partial charge in [0.05, 0.1) is 6.61 Å². The van der Waals surface area contributed by atoms with E-state index in [1.807, 2.05) is 0 Å². The topological polar surface area (TPSA) is 62.8 Å². The first-order chi connectivity index (χ1) is 9.81. The molecule has 0 rings (SSSR count). The Bertz CT molecular complexity index is 207. The van der Waals surface area contributed by atoms with Gasteiger partial charge in [0.25, 0.3) is 0 Å². The van der Waals surface area contributed by atoms with Crippen molar-refractivity contribution in [3.8, 4) is 0 Å². The molecule has 0 saturated heterocycles. The van der Waals surface area contributed by atoms with Gasteiger partial charge in [0, 0.05) is 6.42 Å². The van der Waals surface area contributed by atoms with E-state index in [1.165, 1.54) is 70.6 Å². The molecule has 128 valence electrons. The van der Waals surface area contributed by atoms with Crippen LogP contribution in [0.5, 0.6) is 0 Å². The number of unbranched alkanes of at least 4 members (excludes halogenated alkanes) is 11. The van der Waals surface area contributed by atoms with Gasteiger partial charge >= 0.3 is 5.97 Å². The number of quaternary nitrogens is 1. The smallest absolute Gasteiger partial charge is 0.305 e. The minimum absolute atomic E-state index is 0. The highest BCUT2D eigenvalue weighted by atomic mass is 16.5. The lowest BCUT2D eigenvalue weighted by Gasteiger charge is -2.05. The number of rotatable bonds is 15. The fourth-order valence-electron chi connectivity index (χ4n) is 2.37. The average molecular weight is 303 g/mol. The summed E-state index contributed by atoms with van der Waals surface area (Å²) in [7, 11) is 0. The van der Waals surface area contributed by atoms with E-state index in [-0.39, 0.29) is 12.1 Å². The van der Waals surface area contributed by atoms with Crippen LogP contribution in [0.2, 0.25) is 0 Å². The zero-order valence-corrected chi connectivity index (χ0v) is 14.9. The summed E-state index contributed by atoms with van der Waals surface area (Å²) in [5.74, 6) is 0.00599. The highest BCUT2D eigenvalue weighted by molar-refractivity contribution is 5.69. The predicted octanol–water partition coefficient (Wildman–Crippen LogP) is 6.41. The number of esters is 1. The molecule has 0 aliphatic rings. The van der Waals surface area contributed by atoms with Crippen molar-refractivity contribution in [1.29, 1.82) is 0 Å². The van der Waals surface area contributed by atoms with Crippen LogP contribution < -0.4 is 6.15 Å². The summed E-state index contributed by atoms with van der Waals surface area (Å²) in [6.45, 7) is 5.09. The van der Waals surface area contributed by atoms with Gasteiger partial charge in [0.1, 0.15) is 0 Å². The van der Waals surface area contributed by atoms with Crippen LogP contribution in [0, 0.1) is 0 Å². The zero-order chi connectivity index (χ0) is 14.9. The Kier molecular flexibility index (Phi) is 21.0. The van der Waals surface area contributed by atoms with Crippen LogP contribution in [0.4, 0.5) is 0 Å². The van der Waals surface area contributed by atoms with E-state index in [4.69, 9.17) is 4.74 Å². The molecule has 0 aliphatic heterocycles. The molecule has 0 bridgehead atoms. The zero-order valence-electron chi connectivity index (χ0n) is 14.9. The van der Waals surface area contributed by atoms with E-state index < -0.39 is 0 Å². The van der Waals surface area contributed by atoms with Gasteiger partial charge in [-0.1, -0.05) is 84.5 Å². The summed E-state index contributed by atoms with van der Waals surface area (Å²) < 4.78 is 5.26. The van der Waals surface area contributed by atoms with Crippen LogP contribution in [-0.2, 0) is 9.53 Å². The quantitative estimate of drug-likeness (QED) is 0.281. The normalized spacial score (nSPS) is 10.2. The maximum atomic E-state index is 11.5. The van der Waals surface area contributed by atoms with E-state index in [0.29, 0.717) is 13.0 Å². The lowest BCUT2D eigenvalue weighted by molar-refractivity contribution is -0.143. The number of carbonyl (C=O) groups is 1. The van der Waals surface area contributed by atoms with Crippen LogP contribution in [0.3, 0.4) is 0 Å². The van der Waals surface area contributed by atoms with E-state index >= 15 is 0 Å². The lowest BCUT2D eigenvalue weighted by atomic mass is 10.1. The molecule has 4 N–H and O–H groups in total. The number of hydrogen-bond acceptors (Lipinski definition) is 2. The van der Waals surface area contributed by atoms with Crippen molar-refractivity contribution in [2.75, 3.05) is 6.61 Å². The second-order valence-corrected chi connectivity index (χ2v) is 5.86. The second-order valence-electron chi connectivity index (χ2n) is 5.86. The Labute approximate surface area is 132 Å². The van der Waals surface area contributed by atoms with Crippen LogP contribution in [0.15, 0.2) is 0 Å². The van der Waals surface area contributed by atoms with Crippen molar-refractivity contribution in [2.24, 2.45) is 0 Å². The Morgan fingerprint density at radius 1 is 0.667 bits per heavy atom. The fraction of sp³-hybridized carbons (Fsp3) is 0.944. The molecule has 0 unspecified atom stereocenters. The van der Waals surface area contributed by atoms with Crippen molar-refractivity contribution >= 4 is 5.97 Å². The molecule has 0 fully saturated rings. The second kappa shape index (κ2) is 19.4. The van der Waals surface area contributed by atoms with Crippen molar-refractivity contribution in [3.63, 3.8) is 0 Å². The molecule has 0 aliphatic carbocycles. The van der Waals surface area contributed by atoms with Crippen LogP contribution in [0.25, 0.3) is 0 Å². The summed E-state index contributed by atoms with van der Waals surface area (Å²) in [5, 5.41) is 0. The minimum atomic E-state index is 0. The molecule has 3 heteroatoms. The molecule has 3 nitrogen and oxygen atoms in total. The summed E-state index contributed by atoms with van der Waals surface area (Å²) in [4.78, 5) is 11.5. The van der Waals surface area contributed by atoms with E-state index in [0.717, 1.165) is 12.8 Å². The molecule has 0 amide bonds. The maximum absolute atomic E-state index is 11.5. The van der Waals surface area contributed by atoms with Crippen LogP contribution >= 0.6 is 0 Å². The third kappa shape index (κ3) is 19.4. The predicted molar refractivity (Wildman–Crippen MR) is 92.9 cm³/mol. The first kappa shape index (κ1) is 22.7. The van der Waals surface area contributed by atoms with E-state index in [1.54, 1.807) is 0 Å². The average Bonchev–Trinajstić information content (AvgIpc) is 2.45. The summed E-state index contributed by atoms with van der Waals surface area (Å²) in [5.41, 5.74) is 0. The van der Waals surface area contributed by atoms with Gasteiger partial charge in [-0.25, -0.2) is 0 Å². The lowest BCUT2D eigenvalue weighted by Crippen LogP contribution is -2.05. The van der Waals surface area contributed by atoms with Crippen molar-refractivity contribution < 1.29 is 9.53 Å². The molecule has 0 radical (unpaired) electrons. The monoisotopic (exact) mass is 302 g/mol. The van der Waals surface area contributed by atoms with Gasteiger partial charge in [-0.05, 0) is 12.8 Å². The van der Waals surface area contributed by atoms with Gasteiger partial charge in [-0.2, -0.15) is 0 Å². The minimum Gasteiger partial charge on any atom is -0.466 e. The Morgan fingerprint density at radius 2 is 1.10 bits per heavy atom. The molecule has 21 heavy (non-hydrogen) atoms. The van der Waals surface area contributed by atoms with E-state index in [2.05, 4.69) is 13.8 Å². The molecular formula is C18H40NO2+.